The van der Waals surface area contributed by atoms with Gasteiger partial charge in [-0.05, 0) is 34.7 Å². The lowest BCUT2D eigenvalue weighted by Crippen LogP contribution is -2.13. The predicted octanol–water partition coefficient (Wildman–Crippen LogP) is 2.89. The highest BCUT2D eigenvalue weighted by Gasteiger charge is 2.13. The van der Waals surface area contributed by atoms with Crippen LogP contribution in [0.4, 0.5) is 20.2 Å². The zero-order valence-corrected chi connectivity index (χ0v) is 11.4. The molecule has 100 valence electrons. The van der Waals surface area contributed by atoms with E-state index in [4.69, 9.17) is 0 Å². The Morgan fingerprint density at radius 1 is 1.50 bits per heavy atom. The maximum absolute atomic E-state index is 11.8. The van der Waals surface area contributed by atoms with Gasteiger partial charge in [-0.25, -0.2) is 8.78 Å². The fourth-order valence-electron chi connectivity index (χ4n) is 1.24. The van der Waals surface area contributed by atoms with E-state index in [1.54, 1.807) is 12.1 Å². The molecule has 0 saturated carbocycles. The fraction of sp³-hybridized carbons (Fsp3) is 0.400. The van der Waals surface area contributed by atoms with Crippen molar-refractivity contribution in [2.24, 2.45) is 0 Å². The predicted molar refractivity (Wildman–Crippen MR) is 71.1 cm³/mol. The van der Waals surface area contributed by atoms with Crippen LogP contribution in [0.5, 0.6) is 0 Å². The molecule has 0 atom stereocenters. The first kappa shape index (κ1) is 15.0. The summed E-state index contributed by atoms with van der Waals surface area (Å²) in [7, 11) is 0. The zero-order chi connectivity index (χ0) is 13.5. The molecule has 0 aliphatic carbocycles. The minimum atomic E-state index is -2.50. The number of halogens is 3. The summed E-state index contributed by atoms with van der Waals surface area (Å²) in [5.74, 6) is 0. The standard InChI is InChI=1S/C10H11F2IN2O3/c11-10(12)6-18-4-3-14-8-2-1-7(13)5-9(8)15(16)17/h1-2,5,10,14H,3-4,6H2. The number of nitrogens with zero attached hydrogens (tertiary/aromatic N) is 1. The summed E-state index contributed by atoms with van der Waals surface area (Å²) in [6, 6.07) is 4.73. The van der Waals surface area contributed by atoms with Gasteiger partial charge in [0.05, 0.1) is 11.5 Å². The van der Waals surface area contributed by atoms with Gasteiger partial charge in [0.15, 0.2) is 0 Å². The summed E-state index contributed by atoms with van der Waals surface area (Å²) >= 11 is 1.97. The molecule has 1 N–H and O–H groups in total. The summed E-state index contributed by atoms with van der Waals surface area (Å²) in [4.78, 5) is 10.3. The van der Waals surface area contributed by atoms with E-state index in [0.29, 0.717) is 5.69 Å². The van der Waals surface area contributed by atoms with Crippen molar-refractivity contribution < 1.29 is 18.4 Å². The quantitative estimate of drug-likeness (QED) is 0.346. The number of alkyl halides is 2. The Labute approximate surface area is 116 Å². The molecule has 0 heterocycles. The van der Waals surface area contributed by atoms with Crippen molar-refractivity contribution in [3.63, 3.8) is 0 Å². The maximum atomic E-state index is 11.8. The molecule has 0 unspecified atom stereocenters. The molecular formula is C10H11F2IN2O3. The highest BCUT2D eigenvalue weighted by molar-refractivity contribution is 14.1. The summed E-state index contributed by atoms with van der Waals surface area (Å²) in [5.41, 5.74) is 0.303. The van der Waals surface area contributed by atoms with Crippen LogP contribution in [0.25, 0.3) is 0 Å². The number of hydrogen-bond donors (Lipinski definition) is 1. The van der Waals surface area contributed by atoms with E-state index in [1.165, 1.54) is 6.07 Å². The zero-order valence-electron chi connectivity index (χ0n) is 9.24. The molecule has 18 heavy (non-hydrogen) atoms. The van der Waals surface area contributed by atoms with Gasteiger partial charge in [0.25, 0.3) is 12.1 Å². The lowest BCUT2D eigenvalue weighted by molar-refractivity contribution is -0.384. The lowest BCUT2D eigenvalue weighted by Gasteiger charge is -2.08. The van der Waals surface area contributed by atoms with Crippen LogP contribution in [0, 0.1) is 13.7 Å². The first-order valence-electron chi connectivity index (χ1n) is 5.04. The Hall–Kier alpha value is -1.03. The molecule has 0 aliphatic rings. The van der Waals surface area contributed by atoms with E-state index in [1.807, 2.05) is 22.6 Å². The Kier molecular flexibility index (Phi) is 6.19. The third-order valence-corrected chi connectivity index (χ3v) is 2.63. The Bertz CT molecular complexity index is 418. The van der Waals surface area contributed by atoms with Crippen molar-refractivity contribution >= 4 is 34.0 Å². The number of anilines is 1. The van der Waals surface area contributed by atoms with Crippen molar-refractivity contribution in [2.75, 3.05) is 25.1 Å². The average molecular weight is 372 g/mol. The van der Waals surface area contributed by atoms with E-state index < -0.39 is 18.0 Å². The molecule has 0 amide bonds. The van der Waals surface area contributed by atoms with Crippen LogP contribution >= 0.6 is 22.6 Å². The Morgan fingerprint density at radius 2 is 2.22 bits per heavy atom. The van der Waals surface area contributed by atoms with Crippen molar-refractivity contribution in [1.82, 2.24) is 0 Å². The third kappa shape index (κ3) is 5.08. The van der Waals surface area contributed by atoms with Crippen molar-refractivity contribution in [3.8, 4) is 0 Å². The minimum Gasteiger partial charge on any atom is -0.377 e. The van der Waals surface area contributed by atoms with Crippen molar-refractivity contribution in [1.29, 1.82) is 0 Å². The van der Waals surface area contributed by atoms with Crippen LogP contribution < -0.4 is 5.32 Å². The van der Waals surface area contributed by atoms with E-state index in [9.17, 15) is 18.9 Å². The third-order valence-electron chi connectivity index (χ3n) is 1.96. The number of rotatable bonds is 7. The van der Waals surface area contributed by atoms with Gasteiger partial charge in [0, 0.05) is 16.2 Å². The lowest BCUT2D eigenvalue weighted by atomic mass is 10.2. The molecule has 0 aromatic heterocycles. The number of ether oxygens (including phenoxy) is 1. The second-order valence-electron chi connectivity index (χ2n) is 3.31. The van der Waals surface area contributed by atoms with Crippen LogP contribution in [-0.4, -0.2) is 31.1 Å². The second-order valence-corrected chi connectivity index (χ2v) is 4.56. The first-order chi connectivity index (χ1) is 8.50. The summed E-state index contributed by atoms with van der Waals surface area (Å²) in [6.07, 6.45) is -2.50. The van der Waals surface area contributed by atoms with Gasteiger partial charge in [-0.2, -0.15) is 0 Å². The molecule has 0 spiro atoms. The summed E-state index contributed by atoms with van der Waals surface area (Å²) < 4.78 is 28.9. The van der Waals surface area contributed by atoms with E-state index in [0.717, 1.165) is 3.57 Å². The first-order valence-corrected chi connectivity index (χ1v) is 6.12. The van der Waals surface area contributed by atoms with E-state index in [2.05, 4.69) is 10.1 Å². The molecule has 0 aliphatic heterocycles. The Balaban J connectivity index is 2.49. The monoisotopic (exact) mass is 372 g/mol. The average Bonchev–Trinajstić information content (AvgIpc) is 2.29. The number of hydrogen-bond acceptors (Lipinski definition) is 4. The maximum Gasteiger partial charge on any atom is 0.293 e. The Morgan fingerprint density at radius 3 is 2.83 bits per heavy atom. The van der Waals surface area contributed by atoms with Gasteiger partial charge in [-0.1, -0.05) is 0 Å². The van der Waals surface area contributed by atoms with Gasteiger partial charge in [0.2, 0.25) is 0 Å². The van der Waals surface area contributed by atoms with Gasteiger partial charge in [0.1, 0.15) is 12.3 Å². The molecule has 1 aromatic carbocycles. The number of benzene rings is 1. The summed E-state index contributed by atoms with van der Waals surface area (Å²) in [6.45, 7) is -0.335. The normalized spacial score (nSPS) is 10.7. The number of nitrogens with one attached hydrogen (secondary N) is 1. The van der Waals surface area contributed by atoms with Crippen LogP contribution in [0.1, 0.15) is 0 Å². The van der Waals surface area contributed by atoms with Crippen LogP contribution in [0.3, 0.4) is 0 Å². The van der Waals surface area contributed by atoms with Crippen molar-refractivity contribution in [2.45, 2.75) is 6.43 Å². The fourth-order valence-corrected chi connectivity index (χ4v) is 1.71. The van der Waals surface area contributed by atoms with Gasteiger partial charge >= 0.3 is 0 Å². The van der Waals surface area contributed by atoms with Crippen LogP contribution in [0.2, 0.25) is 0 Å². The molecule has 8 heteroatoms. The van der Waals surface area contributed by atoms with Crippen LogP contribution in [-0.2, 0) is 4.74 Å². The number of nitro groups is 1. The molecule has 0 radical (unpaired) electrons. The highest BCUT2D eigenvalue weighted by atomic mass is 127. The SMILES string of the molecule is O=[N+]([O-])c1cc(I)ccc1NCCOCC(F)F. The van der Waals surface area contributed by atoms with Gasteiger partial charge in [-0.3, -0.25) is 10.1 Å². The molecule has 0 saturated heterocycles. The van der Waals surface area contributed by atoms with Gasteiger partial charge in [-0.15, -0.1) is 0 Å². The second kappa shape index (κ2) is 7.41. The molecule has 1 aromatic rings. The van der Waals surface area contributed by atoms with E-state index in [-0.39, 0.29) is 18.8 Å². The van der Waals surface area contributed by atoms with Gasteiger partial charge < -0.3 is 10.1 Å². The molecule has 0 fully saturated rings. The number of nitro benzene ring substituents is 1. The highest BCUT2D eigenvalue weighted by Crippen LogP contribution is 2.25. The topological polar surface area (TPSA) is 64.4 Å². The molecule has 5 nitrogen and oxygen atoms in total. The van der Waals surface area contributed by atoms with Crippen molar-refractivity contribution in [3.05, 3.63) is 31.9 Å². The summed E-state index contributed by atoms with van der Waals surface area (Å²) in [5, 5.41) is 13.6. The molecular weight excluding hydrogens is 361 g/mol. The minimum absolute atomic E-state index is 0.0456. The van der Waals surface area contributed by atoms with E-state index >= 15 is 0 Å². The van der Waals surface area contributed by atoms with Crippen LogP contribution in [0.15, 0.2) is 18.2 Å². The smallest absolute Gasteiger partial charge is 0.293 e. The largest absolute Gasteiger partial charge is 0.377 e. The molecule has 0 bridgehead atoms. The molecule has 1 rings (SSSR count).